The van der Waals surface area contributed by atoms with E-state index in [9.17, 15) is 9.90 Å². The van der Waals surface area contributed by atoms with Crippen LogP contribution in [0.25, 0.3) is 0 Å². The van der Waals surface area contributed by atoms with Crippen LogP contribution in [0.15, 0.2) is 120 Å². The first-order chi connectivity index (χ1) is 16.6. The summed E-state index contributed by atoms with van der Waals surface area (Å²) in [6.07, 6.45) is 0.530. The number of hydrogen-bond acceptors (Lipinski definition) is 4. The first kappa shape index (κ1) is 21.9. The number of nitrogens with one attached hydrogen (secondary N) is 1. The SMILES string of the molecule is O=c1[nH]c(O[Si](c2ccccc2)(c2ccccc2)c2ccccc2)c(Cc2ccc(O)cc2)s1. The fourth-order valence-electron chi connectivity index (χ4n) is 4.19. The molecule has 0 saturated carbocycles. The Morgan fingerprint density at radius 1 is 0.706 bits per heavy atom. The Balaban J connectivity index is 1.69. The van der Waals surface area contributed by atoms with E-state index in [1.54, 1.807) is 12.1 Å². The number of phenols is 1. The number of rotatable bonds is 7. The van der Waals surface area contributed by atoms with E-state index < -0.39 is 8.32 Å². The average molecular weight is 482 g/mol. The predicted octanol–water partition coefficient (Wildman–Crippen LogP) is 3.78. The Hall–Kier alpha value is -3.87. The largest absolute Gasteiger partial charge is 0.518 e. The second kappa shape index (κ2) is 9.55. The van der Waals surface area contributed by atoms with Gasteiger partial charge in [0.1, 0.15) is 5.75 Å². The van der Waals surface area contributed by atoms with Gasteiger partial charge < -0.3 is 9.53 Å². The zero-order valence-corrected chi connectivity index (χ0v) is 20.2. The highest BCUT2D eigenvalue weighted by molar-refractivity contribution is 7.10. The Morgan fingerprint density at radius 2 is 1.18 bits per heavy atom. The quantitative estimate of drug-likeness (QED) is 0.275. The molecule has 0 unspecified atom stereocenters. The number of benzene rings is 4. The Labute approximate surface area is 202 Å². The van der Waals surface area contributed by atoms with Gasteiger partial charge in [-0.2, -0.15) is 0 Å². The van der Waals surface area contributed by atoms with Gasteiger partial charge >= 0.3 is 13.2 Å². The van der Waals surface area contributed by atoms with Crippen molar-refractivity contribution < 1.29 is 9.53 Å². The van der Waals surface area contributed by atoms with Crippen LogP contribution in [0.3, 0.4) is 0 Å². The topological polar surface area (TPSA) is 62.3 Å². The lowest BCUT2D eigenvalue weighted by Gasteiger charge is -2.33. The molecule has 168 valence electrons. The van der Waals surface area contributed by atoms with Crippen LogP contribution in [-0.2, 0) is 6.42 Å². The van der Waals surface area contributed by atoms with Gasteiger partial charge in [-0.3, -0.25) is 9.78 Å². The first-order valence-corrected chi connectivity index (χ1v) is 13.7. The van der Waals surface area contributed by atoms with E-state index in [-0.39, 0.29) is 10.6 Å². The average Bonchev–Trinajstić information content (AvgIpc) is 3.23. The van der Waals surface area contributed by atoms with Crippen LogP contribution < -0.4 is 24.9 Å². The van der Waals surface area contributed by atoms with Gasteiger partial charge in [-0.25, -0.2) is 0 Å². The molecule has 0 aliphatic rings. The second-order valence-corrected chi connectivity index (χ2v) is 12.4. The van der Waals surface area contributed by atoms with Crippen LogP contribution in [0.1, 0.15) is 10.4 Å². The molecule has 0 amide bonds. The normalized spacial score (nSPS) is 11.3. The third-order valence-corrected chi connectivity index (χ3v) is 10.6. The van der Waals surface area contributed by atoms with Crippen LogP contribution in [0.5, 0.6) is 11.6 Å². The molecule has 4 aromatic carbocycles. The first-order valence-electron chi connectivity index (χ1n) is 11.0. The molecule has 0 aliphatic heterocycles. The molecule has 5 aromatic rings. The second-order valence-electron chi connectivity index (χ2n) is 7.99. The number of phenolic OH excluding ortho intramolecular Hbond substituents is 1. The molecule has 2 N–H and O–H groups in total. The molecule has 5 rings (SSSR count). The van der Waals surface area contributed by atoms with Crippen molar-refractivity contribution in [2.75, 3.05) is 0 Å². The molecule has 6 heteroatoms. The van der Waals surface area contributed by atoms with Gasteiger partial charge in [0, 0.05) is 6.42 Å². The molecular weight excluding hydrogens is 458 g/mol. The van der Waals surface area contributed by atoms with E-state index in [0.29, 0.717) is 12.3 Å². The molecule has 1 aromatic heterocycles. The molecule has 0 radical (unpaired) electrons. The van der Waals surface area contributed by atoms with Gasteiger partial charge in [-0.1, -0.05) is 114 Å². The minimum atomic E-state index is -3.01. The minimum Gasteiger partial charge on any atom is -0.518 e. The van der Waals surface area contributed by atoms with Crippen molar-refractivity contribution in [1.29, 1.82) is 0 Å². The smallest absolute Gasteiger partial charge is 0.348 e. The van der Waals surface area contributed by atoms with Crippen molar-refractivity contribution in [2.45, 2.75) is 6.42 Å². The zero-order valence-electron chi connectivity index (χ0n) is 18.3. The molecule has 0 aliphatic carbocycles. The standard InChI is InChI=1S/C28H23NO3SSi/c30-22-18-16-21(17-19-22)20-26-27(29-28(31)33-26)32-34(23-10-4-1-5-11-23,24-12-6-2-7-13-24)25-14-8-3-9-15-25/h1-19,30H,20H2,(H,29,31). The fraction of sp³-hybridized carbons (Fsp3) is 0.0357. The van der Waals surface area contributed by atoms with E-state index >= 15 is 0 Å². The molecule has 0 bridgehead atoms. The monoisotopic (exact) mass is 481 g/mol. The Morgan fingerprint density at radius 3 is 1.65 bits per heavy atom. The summed E-state index contributed by atoms with van der Waals surface area (Å²) < 4.78 is 7.05. The summed E-state index contributed by atoms with van der Waals surface area (Å²) in [7, 11) is -3.01. The van der Waals surface area contributed by atoms with Crippen LogP contribution in [-0.4, -0.2) is 18.4 Å². The van der Waals surface area contributed by atoms with Gasteiger partial charge in [0.25, 0.3) is 0 Å². The third kappa shape index (κ3) is 4.33. The minimum absolute atomic E-state index is 0.152. The van der Waals surface area contributed by atoms with Crippen molar-refractivity contribution in [2.24, 2.45) is 0 Å². The summed E-state index contributed by atoms with van der Waals surface area (Å²) >= 11 is 1.16. The highest BCUT2D eigenvalue weighted by Gasteiger charge is 2.44. The number of aromatic nitrogens is 1. The summed E-state index contributed by atoms with van der Waals surface area (Å²) in [5.41, 5.74) is 0.990. The van der Waals surface area contributed by atoms with Gasteiger partial charge in [0.05, 0.1) is 4.88 Å². The van der Waals surface area contributed by atoms with Gasteiger partial charge in [0.15, 0.2) is 5.88 Å². The lowest BCUT2D eigenvalue weighted by molar-refractivity contribution is 0.475. The fourth-order valence-corrected chi connectivity index (χ4v) is 8.88. The number of thiazole rings is 1. The van der Waals surface area contributed by atoms with Crippen LogP contribution in [0, 0.1) is 0 Å². The molecule has 4 nitrogen and oxygen atoms in total. The zero-order chi connectivity index (χ0) is 23.4. The lowest BCUT2D eigenvalue weighted by Crippen LogP contribution is -2.71. The van der Waals surface area contributed by atoms with Crippen molar-refractivity contribution in [1.82, 2.24) is 4.98 Å². The van der Waals surface area contributed by atoms with E-state index in [1.807, 2.05) is 66.7 Å². The summed E-state index contributed by atoms with van der Waals surface area (Å²) in [4.78, 5) is 16.2. The van der Waals surface area contributed by atoms with E-state index in [4.69, 9.17) is 4.43 Å². The van der Waals surface area contributed by atoms with Crippen LogP contribution in [0.4, 0.5) is 0 Å². The van der Waals surface area contributed by atoms with Crippen molar-refractivity contribution in [3.63, 3.8) is 0 Å². The molecule has 0 saturated heterocycles. The van der Waals surface area contributed by atoms with Gasteiger partial charge in [-0.15, -0.1) is 0 Å². The summed E-state index contributed by atoms with van der Waals surface area (Å²) in [6, 6.07) is 37.8. The molecule has 34 heavy (non-hydrogen) atoms. The summed E-state index contributed by atoms with van der Waals surface area (Å²) in [5.74, 6) is 0.720. The van der Waals surface area contributed by atoms with Crippen molar-refractivity contribution in [3.8, 4) is 11.6 Å². The van der Waals surface area contributed by atoms with E-state index in [1.165, 1.54) is 0 Å². The predicted molar refractivity (Wildman–Crippen MR) is 140 cm³/mol. The maximum Gasteiger partial charge on any atom is 0.348 e. The van der Waals surface area contributed by atoms with E-state index in [0.717, 1.165) is 37.3 Å². The number of aromatic hydroxyl groups is 1. The van der Waals surface area contributed by atoms with Crippen molar-refractivity contribution in [3.05, 3.63) is 135 Å². The van der Waals surface area contributed by atoms with E-state index in [2.05, 4.69) is 41.4 Å². The molecule has 0 atom stereocenters. The third-order valence-electron chi connectivity index (χ3n) is 5.78. The highest BCUT2D eigenvalue weighted by Crippen LogP contribution is 2.25. The molecule has 0 fully saturated rings. The van der Waals surface area contributed by atoms with Crippen LogP contribution >= 0.6 is 11.3 Å². The van der Waals surface area contributed by atoms with Gasteiger partial charge in [0.2, 0.25) is 0 Å². The van der Waals surface area contributed by atoms with Crippen molar-refractivity contribution >= 4 is 35.2 Å². The number of aromatic amines is 1. The van der Waals surface area contributed by atoms with Crippen LogP contribution in [0.2, 0.25) is 0 Å². The Kier molecular flexibility index (Phi) is 6.16. The number of H-pyrrole nitrogens is 1. The number of hydrogen-bond donors (Lipinski definition) is 2. The Bertz CT molecular complexity index is 1320. The summed E-state index contributed by atoms with van der Waals surface area (Å²) in [5, 5.41) is 12.9. The maximum atomic E-state index is 12.5. The highest BCUT2D eigenvalue weighted by atomic mass is 32.1. The summed E-state index contributed by atoms with van der Waals surface area (Å²) in [6.45, 7) is 0. The molecular formula is C28H23NO3SSi. The maximum absolute atomic E-state index is 12.5. The molecule has 1 heterocycles. The van der Waals surface area contributed by atoms with Gasteiger partial charge in [-0.05, 0) is 33.3 Å². The molecule has 0 spiro atoms. The lowest BCUT2D eigenvalue weighted by atomic mass is 10.1.